The van der Waals surface area contributed by atoms with Crippen molar-refractivity contribution in [2.24, 2.45) is 0 Å². The van der Waals surface area contributed by atoms with Gasteiger partial charge >= 0.3 is 6.03 Å². The zero-order valence-electron chi connectivity index (χ0n) is 14.5. The average Bonchev–Trinajstić information content (AvgIpc) is 2.95. The highest BCUT2D eigenvalue weighted by atomic mass is 16.6. The molecular weight excluding hydrogens is 354 g/mol. The third-order valence-corrected chi connectivity index (χ3v) is 3.92. The number of anilines is 1. The number of amides is 3. The number of nitrogens with one attached hydrogen (secondary N) is 1. The van der Waals surface area contributed by atoms with Crippen LogP contribution in [0.15, 0.2) is 48.2 Å². The smallest absolute Gasteiger partial charge is 0.333 e. The summed E-state index contributed by atoms with van der Waals surface area (Å²) in [5.41, 5.74) is 0.112. The molecule has 0 saturated carbocycles. The average molecular weight is 369 g/mol. The fourth-order valence-electron chi connectivity index (χ4n) is 2.66. The minimum absolute atomic E-state index is 0.0841. The van der Waals surface area contributed by atoms with Gasteiger partial charge in [-0.15, -0.1) is 0 Å². The SMILES string of the molecule is COc1cc(C=C2NC(=O)N(c3ccccc3)C2=O)c([N+](=O)[O-])cc1OC. The van der Waals surface area contributed by atoms with E-state index in [2.05, 4.69) is 5.32 Å². The molecule has 1 aliphatic rings. The maximum atomic E-state index is 12.6. The Kier molecular flexibility index (Phi) is 4.75. The van der Waals surface area contributed by atoms with Gasteiger partial charge in [0.1, 0.15) is 5.70 Å². The van der Waals surface area contributed by atoms with E-state index >= 15 is 0 Å². The first-order valence-corrected chi connectivity index (χ1v) is 7.79. The molecule has 2 aromatic rings. The molecule has 0 aliphatic carbocycles. The second-order valence-corrected chi connectivity index (χ2v) is 5.49. The lowest BCUT2D eigenvalue weighted by Gasteiger charge is -2.11. The standard InChI is InChI=1S/C18H15N3O6/c1-26-15-9-11(14(21(24)25)10-16(15)27-2)8-13-17(22)20(18(23)19-13)12-6-4-3-5-7-12/h3-10H,1-2H3,(H,19,23). The topological polar surface area (TPSA) is 111 Å². The number of benzene rings is 2. The molecule has 9 heteroatoms. The van der Waals surface area contributed by atoms with E-state index in [1.54, 1.807) is 30.3 Å². The molecule has 0 atom stereocenters. The van der Waals surface area contributed by atoms with Gasteiger partial charge in [-0.2, -0.15) is 0 Å². The summed E-state index contributed by atoms with van der Waals surface area (Å²) in [6, 6.07) is 10.3. The van der Waals surface area contributed by atoms with E-state index in [4.69, 9.17) is 9.47 Å². The number of para-hydroxylation sites is 1. The molecule has 138 valence electrons. The first-order chi connectivity index (χ1) is 13.0. The number of carbonyl (C=O) groups excluding carboxylic acids is 2. The van der Waals surface area contributed by atoms with Gasteiger partial charge in [0.05, 0.1) is 36.5 Å². The van der Waals surface area contributed by atoms with Crippen molar-refractivity contribution in [3.8, 4) is 11.5 Å². The molecule has 0 bridgehead atoms. The van der Waals surface area contributed by atoms with Crippen molar-refractivity contribution in [3.63, 3.8) is 0 Å². The maximum Gasteiger partial charge on any atom is 0.333 e. The molecule has 0 unspecified atom stereocenters. The summed E-state index contributed by atoms with van der Waals surface area (Å²) in [4.78, 5) is 36.6. The van der Waals surface area contributed by atoms with Crippen molar-refractivity contribution in [2.75, 3.05) is 19.1 Å². The number of nitro benzene ring substituents is 1. The normalized spacial score (nSPS) is 15.0. The lowest BCUT2D eigenvalue weighted by atomic mass is 10.1. The first-order valence-electron chi connectivity index (χ1n) is 7.79. The number of hydrogen-bond acceptors (Lipinski definition) is 6. The summed E-state index contributed by atoms with van der Waals surface area (Å²) in [5, 5.41) is 13.8. The van der Waals surface area contributed by atoms with Gasteiger partial charge in [0.15, 0.2) is 11.5 Å². The van der Waals surface area contributed by atoms with Crippen LogP contribution >= 0.6 is 0 Å². The van der Waals surface area contributed by atoms with Crippen molar-refractivity contribution in [1.29, 1.82) is 0 Å². The Bertz CT molecular complexity index is 955. The Balaban J connectivity index is 2.05. The number of methoxy groups -OCH3 is 2. The molecule has 1 aliphatic heterocycles. The number of ether oxygens (including phenoxy) is 2. The molecule has 1 heterocycles. The molecular formula is C18H15N3O6. The molecule has 27 heavy (non-hydrogen) atoms. The first kappa shape index (κ1) is 17.9. The van der Waals surface area contributed by atoms with Crippen LogP contribution in [0.3, 0.4) is 0 Å². The highest BCUT2D eigenvalue weighted by Crippen LogP contribution is 2.36. The molecule has 1 saturated heterocycles. The molecule has 1 N–H and O–H groups in total. The number of imide groups is 1. The van der Waals surface area contributed by atoms with E-state index in [0.717, 1.165) is 4.90 Å². The number of nitro groups is 1. The summed E-state index contributed by atoms with van der Waals surface area (Å²) in [7, 11) is 2.75. The number of urea groups is 1. The Morgan fingerprint density at radius 3 is 2.30 bits per heavy atom. The van der Waals surface area contributed by atoms with E-state index in [9.17, 15) is 19.7 Å². The molecule has 9 nitrogen and oxygen atoms in total. The van der Waals surface area contributed by atoms with Gasteiger partial charge in [0.2, 0.25) is 0 Å². The zero-order chi connectivity index (χ0) is 19.6. The van der Waals surface area contributed by atoms with Gasteiger partial charge in [0.25, 0.3) is 11.6 Å². The molecule has 0 radical (unpaired) electrons. The summed E-state index contributed by atoms with van der Waals surface area (Å²) in [5.74, 6) is -0.180. The second kappa shape index (κ2) is 7.16. The van der Waals surface area contributed by atoms with Gasteiger partial charge in [-0.1, -0.05) is 18.2 Å². The summed E-state index contributed by atoms with van der Waals surface area (Å²) < 4.78 is 10.2. The van der Waals surface area contributed by atoms with Crippen molar-refractivity contribution >= 4 is 29.4 Å². The number of carbonyl (C=O) groups is 2. The largest absolute Gasteiger partial charge is 0.493 e. The molecule has 0 aromatic heterocycles. The van der Waals surface area contributed by atoms with Crippen LogP contribution in [-0.4, -0.2) is 31.1 Å². The van der Waals surface area contributed by atoms with Crippen molar-refractivity contribution in [3.05, 3.63) is 63.8 Å². The van der Waals surface area contributed by atoms with Crippen LogP contribution in [0.1, 0.15) is 5.56 Å². The van der Waals surface area contributed by atoms with Crippen LogP contribution in [0, 0.1) is 10.1 Å². The quantitative estimate of drug-likeness (QED) is 0.375. The van der Waals surface area contributed by atoms with Crippen LogP contribution in [0.2, 0.25) is 0 Å². The van der Waals surface area contributed by atoms with Crippen molar-refractivity contribution in [2.45, 2.75) is 0 Å². The third kappa shape index (κ3) is 3.30. The number of hydrogen-bond donors (Lipinski definition) is 1. The predicted molar refractivity (Wildman–Crippen MR) is 96.6 cm³/mol. The van der Waals surface area contributed by atoms with E-state index in [0.29, 0.717) is 5.69 Å². The van der Waals surface area contributed by atoms with Crippen LogP contribution in [0.25, 0.3) is 6.08 Å². The van der Waals surface area contributed by atoms with Crippen molar-refractivity contribution < 1.29 is 24.0 Å². The van der Waals surface area contributed by atoms with Crippen LogP contribution in [0.4, 0.5) is 16.2 Å². The predicted octanol–water partition coefficient (Wildman–Crippen LogP) is 2.71. The fraction of sp³-hybridized carbons (Fsp3) is 0.111. The molecule has 0 spiro atoms. The summed E-state index contributed by atoms with van der Waals surface area (Å²) in [6.45, 7) is 0. The molecule has 1 fully saturated rings. The minimum Gasteiger partial charge on any atom is -0.493 e. The van der Waals surface area contributed by atoms with E-state index in [-0.39, 0.29) is 28.4 Å². The van der Waals surface area contributed by atoms with E-state index < -0.39 is 16.9 Å². The summed E-state index contributed by atoms with van der Waals surface area (Å²) >= 11 is 0. The summed E-state index contributed by atoms with van der Waals surface area (Å²) in [6.07, 6.45) is 1.24. The van der Waals surface area contributed by atoms with Crippen LogP contribution in [0.5, 0.6) is 11.5 Å². The highest BCUT2D eigenvalue weighted by Gasteiger charge is 2.35. The minimum atomic E-state index is -0.638. The Labute approximate surface area is 153 Å². The lowest BCUT2D eigenvalue weighted by Crippen LogP contribution is -2.30. The fourth-order valence-corrected chi connectivity index (χ4v) is 2.66. The van der Waals surface area contributed by atoms with Gasteiger partial charge in [-0.05, 0) is 24.3 Å². The third-order valence-electron chi connectivity index (χ3n) is 3.92. The van der Waals surface area contributed by atoms with Crippen molar-refractivity contribution in [1.82, 2.24) is 5.32 Å². The second-order valence-electron chi connectivity index (χ2n) is 5.49. The van der Waals surface area contributed by atoms with Gasteiger partial charge in [0, 0.05) is 0 Å². The lowest BCUT2D eigenvalue weighted by molar-refractivity contribution is -0.385. The van der Waals surface area contributed by atoms with Crippen LogP contribution in [-0.2, 0) is 4.79 Å². The Morgan fingerprint density at radius 1 is 1.07 bits per heavy atom. The van der Waals surface area contributed by atoms with Crippen LogP contribution < -0.4 is 19.7 Å². The van der Waals surface area contributed by atoms with Gasteiger partial charge < -0.3 is 14.8 Å². The monoisotopic (exact) mass is 369 g/mol. The van der Waals surface area contributed by atoms with Gasteiger partial charge in [-0.25, -0.2) is 9.69 Å². The number of rotatable bonds is 5. The Morgan fingerprint density at radius 2 is 1.70 bits per heavy atom. The Hall–Kier alpha value is -3.88. The van der Waals surface area contributed by atoms with E-state index in [1.807, 2.05) is 0 Å². The maximum absolute atomic E-state index is 12.6. The molecule has 2 aromatic carbocycles. The van der Waals surface area contributed by atoms with E-state index in [1.165, 1.54) is 32.4 Å². The number of nitrogens with zero attached hydrogens (tertiary/aromatic N) is 2. The zero-order valence-corrected chi connectivity index (χ0v) is 14.5. The molecule has 3 rings (SSSR count). The highest BCUT2D eigenvalue weighted by molar-refractivity contribution is 6.28. The molecule has 3 amide bonds. The van der Waals surface area contributed by atoms with Gasteiger partial charge in [-0.3, -0.25) is 14.9 Å².